The van der Waals surface area contributed by atoms with Crippen LogP contribution in [0.4, 0.5) is 5.69 Å². The summed E-state index contributed by atoms with van der Waals surface area (Å²) in [5.74, 6) is -0.366. The first-order valence-electron chi connectivity index (χ1n) is 3.38. The third-order valence-electron chi connectivity index (χ3n) is 1.43. The van der Waals surface area contributed by atoms with Crippen LogP contribution in [0, 0.1) is 0 Å². The Labute approximate surface area is 80.4 Å². The fraction of sp³-hybridized carbons (Fsp3) is 0.143. The highest BCUT2D eigenvalue weighted by Gasteiger charge is 2.08. The predicted octanol–water partition coefficient (Wildman–Crippen LogP) is 1.04. The van der Waals surface area contributed by atoms with E-state index in [0.29, 0.717) is 5.56 Å². The lowest BCUT2D eigenvalue weighted by atomic mass is 10.2. The number of anilines is 1. The topological polar surface area (TPSA) is 80.4 Å². The van der Waals surface area contributed by atoms with Gasteiger partial charge in [0.1, 0.15) is 5.75 Å². The summed E-state index contributed by atoms with van der Waals surface area (Å²) in [6, 6.07) is 4.15. The van der Waals surface area contributed by atoms with E-state index in [-0.39, 0.29) is 17.2 Å². The Morgan fingerprint density at radius 1 is 1.46 bits per heavy atom. The average molecular weight is 222 g/mol. The molecule has 0 bridgehead atoms. The van der Waals surface area contributed by atoms with Crippen molar-refractivity contribution in [3.05, 3.63) is 23.8 Å². The molecule has 0 atom stereocenters. The molecule has 0 spiro atoms. The van der Waals surface area contributed by atoms with E-state index in [0.717, 1.165) is 0 Å². The fourth-order valence-corrected chi connectivity index (χ4v) is 1.85. The first-order chi connectivity index (χ1) is 5.88. The van der Waals surface area contributed by atoms with E-state index >= 15 is 0 Å². The molecule has 0 saturated carbocycles. The van der Waals surface area contributed by atoms with Gasteiger partial charge in [-0.1, -0.05) is 6.07 Å². The molecule has 0 amide bonds. The van der Waals surface area contributed by atoms with Crippen LogP contribution < -0.4 is 5.73 Å². The normalized spacial score (nSPS) is 11.5. The van der Waals surface area contributed by atoms with Gasteiger partial charge in [-0.3, -0.25) is 0 Å². The van der Waals surface area contributed by atoms with Crippen LogP contribution in [-0.4, -0.2) is 13.5 Å². The van der Waals surface area contributed by atoms with Crippen molar-refractivity contribution in [1.82, 2.24) is 0 Å². The summed E-state index contributed by atoms with van der Waals surface area (Å²) in [5.41, 5.74) is 5.94. The Morgan fingerprint density at radius 2 is 2.08 bits per heavy atom. The molecular formula is C7H8ClNO3S. The van der Waals surface area contributed by atoms with Crippen LogP contribution in [0.3, 0.4) is 0 Å². The zero-order chi connectivity index (χ0) is 10.1. The summed E-state index contributed by atoms with van der Waals surface area (Å²) < 4.78 is 21.3. The van der Waals surface area contributed by atoms with Gasteiger partial charge in [-0.25, -0.2) is 8.42 Å². The number of nitrogens with two attached hydrogens (primary N) is 1. The summed E-state index contributed by atoms with van der Waals surface area (Å²) in [4.78, 5) is 0. The van der Waals surface area contributed by atoms with Crippen molar-refractivity contribution in [1.29, 1.82) is 0 Å². The second-order valence-electron chi connectivity index (χ2n) is 2.58. The number of aromatic hydroxyl groups is 1. The van der Waals surface area contributed by atoms with Gasteiger partial charge in [-0.05, 0) is 17.7 Å². The highest BCUT2D eigenvalue weighted by atomic mass is 35.7. The molecule has 3 N–H and O–H groups in total. The van der Waals surface area contributed by atoms with Crippen LogP contribution in [0.2, 0.25) is 0 Å². The molecule has 0 saturated heterocycles. The van der Waals surface area contributed by atoms with E-state index in [4.69, 9.17) is 21.5 Å². The van der Waals surface area contributed by atoms with Crippen molar-refractivity contribution in [2.24, 2.45) is 0 Å². The maximum atomic E-state index is 10.7. The van der Waals surface area contributed by atoms with Gasteiger partial charge in [0.2, 0.25) is 9.05 Å². The van der Waals surface area contributed by atoms with Gasteiger partial charge < -0.3 is 10.8 Å². The summed E-state index contributed by atoms with van der Waals surface area (Å²) in [6.45, 7) is 0. The molecule has 0 aliphatic carbocycles. The minimum atomic E-state index is -3.57. The van der Waals surface area contributed by atoms with Crippen molar-refractivity contribution >= 4 is 25.4 Å². The Balaban J connectivity index is 2.99. The van der Waals surface area contributed by atoms with Gasteiger partial charge in [0, 0.05) is 10.7 Å². The van der Waals surface area contributed by atoms with Gasteiger partial charge >= 0.3 is 0 Å². The summed E-state index contributed by atoms with van der Waals surface area (Å²) in [7, 11) is 1.46. The lowest BCUT2D eigenvalue weighted by molar-refractivity contribution is 0.478. The number of rotatable bonds is 2. The third kappa shape index (κ3) is 3.12. The zero-order valence-electron chi connectivity index (χ0n) is 6.57. The second kappa shape index (κ2) is 3.43. The molecule has 4 nitrogen and oxygen atoms in total. The van der Waals surface area contributed by atoms with E-state index < -0.39 is 9.05 Å². The second-order valence-corrected chi connectivity index (χ2v) is 5.35. The molecule has 0 heterocycles. The first kappa shape index (κ1) is 10.1. The SMILES string of the molecule is Nc1cc(CS(=O)(=O)Cl)ccc1O. The Kier molecular flexibility index (Phi) is 2.68. The van der Waals surface area contributed by atoms with Crippen LogP contribution in [0.25, 0.3) is 0 Å². The average Bonchev–Trinajstić information content (AvgIpc) is 1.94. The molecule has 0 radical (unpaired) electrons. The van der Waals surface area contributed by atoms with E-state index in [1.807, 2.05) is 0 Å². The van der Waals surface area contributed by atoms with Crippen molar-refractivity contribution in [2.75, 3.05) is 5.73 Å². The maximum Gasteiger partial charge on any atom is 0.236 e. The van der Waals surface area contributed by atoms with Gasteiger partial charge in [0.25, 0.3) is 0 Å². The lowest BCUT2D eigenvalue weighted by Gasteiger charge is -2.01. The monoisotopic (exact) mass is 221 g/mol. The molecule has 72 valence electrons. The zero-order valence-corrected chi connectivity index (χ0v) is 8.14. The smallest absolute Gasteiger partial charge is 0.236 e. The molecule has 6 heteroatoms. The van der Waals surface area contributed by atoms with Crippen LogP contribution >= 0.6 is 10.7 Å². The largest absolute Gasteiger partial charge is 0.506 e. The highest BCUT2D eigenvalue weighted by molar-refractivity contribution is 8.13. The molecule has 1 aromatic rings. The molecule has 13 heavy (non-hydrogen) atoms. The van der Waals surface area contributed by atoms with Crippen LogP contribution in [0.5, 0.6) is 5.75 Å². The van der Waals surface area contributed by atoms with E-state index in [2.05, 4.69) is 0 Å². The van der Waals surface area contributed by atoms with Crippen LogP contribution in [0.1, 0.15) is 5.56 Å². The molecule has 1 aromatic carbocycles. The summed E-state index contributed by atoms with van der Waals surface area (Å²) >= 11 is 0. The number of hydrogen-bond acceptors (Lipinski definition) is 4. The standard InChI is InChI=1S/C7H8ClNO3S/c8-13(11,12)4-5-1-2-7(10)6(9)3-5/h1-3,10H,4,9H2. The molecule has 0 unspecified atom stereocenters. The van der Waals surface area contributed by atoms with E-state index in [9.17, 15) is 8.42 Å². The molecule has 0 aromatic heterocycles. The highest BCUT2D eigenvalue weighted by Crippen LogP contribution is 2.22. The maximum absolute atomic E-state index is 10.7. The number of phenolic OH excluding ortho intramolecular Hbond substituents is 1. The Hall–Kier alpha value is -0.940. The lowest BCUT2D eigenvalue weighted by Crippen LogP contribution is -1.96. The van der Waals surface area contributed by atoms with Crippen molar-refractivity contribution in [3.63, 3.8) is 0 Å². The minimum Gasteiger partial charge on any atom is -0.506 e. The van der Waals surface area contributed by atoms with Crippen LogP contribution in [0.15, 0.2) is 18.2 Å². The number of benzene rings is 1. The number of halogens is 1. The number of hydrogen-bond donors (Lipinski definition) is 2. The summed E-state index contributed by atoms with van der Waals surface area (Å²) in [6.07, 6.45) is 0. The number of nitrogen functional groups attached to an aromatic ring is 1. The van der Waals surface area contributed by atoms with Crippen LogP contribution in [-0.2, 0) is 14.8 Å². The van der Waals surface area contributed by atoms with Gasteiger partial charge in [0.05, 0.1) is 11.4 Å². The van der Waals surface area contributed by atoms with E-state index in [1.54, 1.807) is 0 Å². The Bertz CT molecular complexity index is 416. The third-order valence-corrected chi connectivity index (χ3v) is 2.44. The predicted molar refractivity (Wildman–Crippen MR) is 51.0 cm³/mol. The number of phenols is 1. The quantitative estimate of drug-likeness (QED) is 0.444. The minimum absolute atomic E-state index is 0.0734. The molecule has 1 rings (SSSR count). The Morgan fingerprint density at radius 3 is 2.54 bits per heavy atom. The fourth-order valence-electron chi connectivity index (χ4n) is 0.893. The van der Waals surface area contributed by atoms with Gasteiger partial charge in [-0.15, -0.1) is 0 Å². The van der Waals surface area contributed by atoms with Crippen molar-refractivity contribution in [2.45, 2.75) is 5.75 Å². The van der Waals surface area contributed by atoms with Gasteiger partial charge in [-0.2, -0.15) is 0 Å². The van der Waals surface area contributed by atoms with Crippen molar-refractivity contribution in [3.8, 4) is 5.75 Å². The van der Waals surface area contributed by atoms with Gasteiger partial charge in [0.15, 0.2) is 0 Å². The first-order valence-corrected chi connectivity index (χ1v) is 5.86. The molecule has 0 aliphatic heterocycles. The molecular weight excluding hydrogens is 214 g/mol. The molecule has 0 fully saturated rings. The molecule has 0 aliphatic rings. The van der Waals surface area contributed by atoms with E-state index in [1.165, 1.54) is 18.2 Å². The summed E-state index contributed by atoms with van der Waals surface area (Å²) in [5, 5.41) is 9.03. The van der Waals surface area contributed by atoms with Crippen molar-refractivity contribution < 1.29 is 13.5 Å².